The molecule has 0 atom stereocenters. The van der Waals surface area contributed by atoms with Crippen molar-refractivity contribution in [2.75, 3.05) is 14.2 Å². The fraction of sp³-hybridized carbons (Fsp3) is 0.118. The smallest absolute Gasteiger partial charge is 0.295 e. The zero-order valence-corrected chi connectivity index (χ0v) is 25.0. The molecule has 0 spiro atoms. The van der Waals surface area contributed by atoms with Crippen molar-refractivity contribution in [1.29, 1.82) is 0 Å². The van der Waals surface area contributed by atoms with Crippen LogP contribution >= 0.6 is 7.92 Å². The van der Waals surface area contributed by atoms with Gasteiger partial charge in [-0.15, -0.1) is 0 Å². The van der Waals surface area contributed by atoms with Crippen LogP contribution in [-0.2, 0) is 10.1 Å². The molecule has 0 saturated heterocycles. The lowest BCUT2D eigenvalue weighted by Crippen LogP contribution is -2.27. The highest BCUT2D eigenvalue weighted by atomic mass is 32.2. The second-order valence-corrected chi connectivity index (χ2v) is 13.1. The predicted octanol–water partition coefficient (Wildman–Crippen LogP) is 6.66. The molecule has 0 fully saturated rings. The minimum atomic E-state index is -4.52. The van der Waals surface area contributed by atoms with Crippen molar-refractivity contribution in [3.63, 3.8) is 0 Å². The van der Waals surface area contributed by atoms with E-state index in [1.807, 2.05) is 105 Å². The Morgan fingerprint density at radius 1 is 0.561 bits per heavy atom. The number of rotatable bonds is 8. The molecule has 0 unspecified atom stereocenters. The summed E-state index contributed by atoms with van der Waals surface area (Å²) in [5.41, 5.74) is 5.81. The van der Waals surface area contributed by atoms with Gasteiger partial charge in [0.2, 0.25) is 0 Å². The van der Waals surface area contributed by atoms with Crippen LogP contribution < -0.4 is 25.4 Å². The van der Waals surface area contributed by atoms with E-state index in [0.717, 1.165) is 55.5 Å². The average Bonchev–Trinajstić information content (AvgIpc) is 2.97. The van der Waals surface area contributed by atoms with E-state index in [2.05, 4.69) is 0 Å². The molecule has 0 aliphatic heterocycles. The predicted molar refractivity (Wildman–Crippen MR) is 168 cm³/mol. The van der Waals surface area contributed by atoms with Crippen LogP contribution in [0.3, 0.4) is 0 Å². The lowest BCUT2D eigenvalue weighted by atomic mass is 9.99. The first kappa shape index (κ1) is 28.6. The first-order chi connectivity index (χ1) is 19.8. The fourth-order valence-corrected chi connectivity index (χ4v) is 9.16. The Morgan fingerprint density at radius 3 is 1.41 bits per heavy atom. The van der Waals surface area contributed by atoms with E-state index in [1.165, 1.54) is 6.07 Å². The van der Waals surface area contributed by atoms with Gasteiger partial charge < -0.3 is 9.47 Å². The Morgan fingerprint density at radius 2 is 0.976 bits per heavy atom. The fourth-order valence-electron chi connectivity index (χ4n) is 5.32. The SMILES string of the molecule is COc1cccc(C)c1-c1ccccc1P(c1ccccc1-c1c(C)cccc1OC)c1ccccc1S(=O)(=O)O. The zero-order chi connectivity index (χ0) is 29.1. The number of ether oxygens (including phenoxy) is 2. The Balaban J connectivity index is 1.92. The molecule has 0 amide bonds. The lowest BCUT2D eigenvalue weighted by molar-refractivity contribution is 0.416. The van der Waals surface area contributed by atoms with Crippen LogP contribution in [0.25, 0.3) is 22.3 Å². The highest BCUT2D eigenvalue weighted by Gasteiger charge is 2.30. The van der Waals surface area contributed by atoms with Crippen molar-refractivity contribution >= 4 is 34.0 Å². The van der Waals surface area contributed by atoms with E-state index >= 15 is 0 Å². The molecule has 0 aromatic heterocycles. The van der Waals surface area contributed by atoms with Gasteiger partial charge >= 0.3 is 0 Å². The first-order valence-corrected chi connectivity index (χ1v) is 15.9. The third-order valence-electron chi connectivity index (χ3n) is 7.12. The molecule has 7 heteroatoms. The molecule has 208 valence electrons. The second kappa shape index (κ2) is 11.9. The molecule has 0 heterocycles. The van der Waals surface area contributed by atoms with Crippen LogP contribution in [0.4, 0.5) is 0 Å². The molecular formula is C34H31O5PS. The van der Waals surface area contributed by atoms with Crippen LogP contribution in [-0.4, -0.2) is 27.2 Å². The molecular weight excluding hydrogens is 551 g/mol. The Labute approximate surface area is 242 Å². The van der Waals surface area contributed by atoms with Crippen molar-refractivity contribution in [2.24, 2.45) is 0 Å². The van der Waals surface area contributed by atoms with Gasteiger partial charge in [-0.1, -0.05) is 91.0 Å². The number of hydrogen-bond donors (Lipinski definition) is 1. The molecule has 5 aromatic carbocycles. The van der Waals surface area contributed by atoms with Gasteiger partial charge in [0.05, 0.1) is 14.2 Å². The van der Waals surface area contributed by atoms with E-state index in [4.69, 9.17) is 9.47 Å². The van der Waals surface area contributed by atoms with Gasteiger partial charge in [0.25, 0.3) is 10.1 Å². The van der Waals surface area contributed by atoms with E-state index in [-0.39, 0.29) is 4.90 Å². The number of benzene rings is 5. The first-order valence-electron chi connectivity index (χ1n) is 13.1. The topological polar surface area (TPSA) is 72.8 Å². The summed E-state index contributed by atoms with van der Waals surface area (Å²) in [4.78, 5) is -0.107. The maximum absolute atomic E-state index is 12.8. The molecule has 5 aromatic rings. The number of methoxy groups -OCH3 is 2. The Bertz CT molecular complexity index is 1730. The number of hydrogen-bond acceptors (Lipinski definition) is 4. The summed E-state index contributed by atoms with van der Waals surface area (Å²) in [6, 6.07) is 34.6. The molecule has 0 aliphatic rings. The third-order valence-corrected chi connectivity index (χ3v) is 10.8. The summed E-state index contributed by atoms with van der Waals surface area (Å²) in [5.74, 6) is 1.45. The molecule has 0 bridgehead atoms. The van der Waals surface area contributed by atoms with Gasteiger partial charge in [0, 0.05) is 16.4 Å². The van der Waals surface area contributed by atoms with Gasteiger partial charge in [-0.05, 0) is 72.8 Å². The third kappa shape index (κ3) is 5.51. The second-order valence-electron chi connectivity index (χ2n) is 9.62. The molecule has 0 saturated carbocycles. The van der Waals surface area contributed by atoms with Crippen molar-refractivity contribution in [3.05, 3.63) is 120 Å². The Hall–Kier alpha value is -3.96. The van der Waals surface area contributed by atoms with Crippen LogP contribution in [0, 0.1) is 13.8 Å². The maximum Gasteiger partial charge on any atom is 0.295 e. The minimum Gasteiger partial charge on any atom is -0.496 e. The maximum atomic E-state index is 12.8. The minimum absolute atomic E-state index is 0.107. The van der Waals surface area contributed by atoms with Crippen LogP contribution in [0.2, 0.25) is 0 Å². The van der Waals surface area contributed by atoms with Crippen molar-refractivity contribution in [1.82, 2.24) is 0 Å². The van der Waals surface area contributed by atoms with Gasteiger partial charge in [-0.25, -0.2) is 0 Å². The summed E-state index contributed by atoms with van der Waals surface area (Å²) in [5, 5.41) is 2.41. The molecule has 0 aliphatic carbocycles. The molecule has 1 N–H and O–H groups in total. The van der Waals surface area contributed by atoms with E-state index in [1.54, 1.807) is 26.4 Å². The lowest BCUT2D eigenvalue weighted by Gasteiger charge is -2.27. The van der Waals surface area contributed by atoms with Gasteiger partial charge in [-0.2, -0.15) is 8.42 Å². The van der Waals surface area contributed by atoms with Gasteiger partial charge in [-0.3, -0.25) is 4.55 Å². The molecule has 5 nitrogen and oxygen atoms in total. The van der Waals surface area contributed by atoms with E-state index < -0.39 is 18.0 Å². The summed E-state index contributed by atoms with van der Waals surface area (Å²) in [6.07, 6.45) is 0. The van der Waals surface area contributed by atoms with Gasteiger partial charge in [0.15, 0.2) is 0 Å². The molecule has 41 heavy (non-hydrogen) atoms. The Kier molecular flexibility index (Phi) is 8.27. The summed E-state index contributed by atoms with van der Waals surface area (Å²) in [6.45, 7) is 4.07. The van der Waals surface area contributed by atoms with Crippen molar-refractivity contribution in [3.8, 4) is 33.8 Å². The molecule has 5 rings (SSSR count). The summed E-state index contributed by atoms with van der Waals surface area (Å²) in [7, 11) is -2.75. The normalized spacial score (nSPS) is 11.5. The van der Waals surface area contributed by atoms with E-state index in [0.29, 0.717) is 5.30 Å². The monoisotopic (exact) mass is 582 g/mol. The largest absolute Gasteiger partial charge is 0.496 e. The van der Waals surface area contributed by atoms with Crippen LogP contribution in [0.1, 0.15) is 11.1 Å². The van der Waals surface area contributed by atoms with Crippen LogP contribution in [0.5, 0.6) is 11.5 Å². The van der Waals surface area contributed by atoms with Crippen LogP contribution in [0.15, 0.2) is 114 Å². The highest BCUT2D eigenvalue weighted by molar-refractivity contribution is 7.88. The molecule has 0 radical (unpaired) electrons. The summed E-state index contributed by atoms with van der Waals surface area (Å²) >= 11 is 0. The van der Waals surface area contributed by atoms with Gasteiger partial charge in [0.1, 0.15) is 16.4 Å². The summed E-state index contributed by atoms with van der Waals surface area (Å²) < 4.78 is 47.5. The van der Waals surface area contributed by atoms with Crippen molar-refractivity contribution in [2.45, 2.75) is 18.7 Å². The van der Waals surface area contributed by atoms with E-state index in [9.17, 15) is 13.0 Å². The quantitative estimate of drug-likeness (QED) is 0.164. The highest BCUT2D eigenvalue weighted by Crippen LogP contribution is 2.45. The number of aryl methyl sites for hydroxylation is 2. The van der Waals surface area contributed by atoms with Crippen molar-refractivity contribution < 1.29 is 22.4 Å². The average molecular weight is 583 g/mol. The zero-order valence-electron chi connectivity index (χ0n) is 23.3. The standard InChI is InChI=1S/C34H31O5PS/c1-23-13-11-17-27(38-3)33(23)25-15-5-7-19-29(25)40(31-21-9-10-22-32(31)41(35,36)37)30-20-8-6-16-26(30)34-24(2)14-12-18-28(34)39-4/h5-22H,1-4H3,(H,35,36,37).